The maximum atomic E-state index is 4.92. The van der Waals surface area contributed by atoms with Crippen LogP contribution in [0.5, 0.6) is 17.2 Å². The summed E-state index contributed by atoms with van der Waals surface area (Å²) in [5, 5.41) is 0. The lowest BCUT2D eigenvalue weighted by molar-refractivity contribution is 0.333. The molecule has 0 atom stereocenters. The largest absolute Gasteiger partial charge is 0.497 e. The second kappa shape index (κ2) is 16.3. The molecule has 5 heteroatoms. The molecular weight excluding hydrogens is 358 g/mol. The summed E-state index contributed by atoms with van der Waals surface area (Å²) in [6, 6.07) is 15.1. The zero-order valence-electron chi connectivity index (χ0n) is 18.1. The number of nitrogens with two attached hydrogens (primary N) is 1. The Labute approximate surface area is 171 Å². The molecule has 0 unspecified atom stereocenters. The summed E-state index contributed by atoms with van der Waals surface area (Å²) < 4.78 is 9.81. The van der Waals surface area contributed by atoms with E-state index in [-0.39, 0.29) is 5.41 Å². The molecule has 154 valence electrons. The normalized spacial score (nSPS) is 9.26. The van der Waals surface area contributed by atoms with Crippen molar-refractivity contribution in [2.24, 2.45) is 5.90 Å². The molecule has 0 spiro atoms. The van der Waals surface area contributed by atoms with Gasteiger partial charge in [-0.1, -0.05) is 60.6 Å². The summed E-state index contributed by atoms with van der Waals surface area (Å²) >= 11 is 3.78. The first-order valence-corrected chi connectivity index (χ1v) is 9.76. The summed E-state index contributed by atoms with van der Waals surface area (Å²) in [5.41, 5.74) is 1.50. The minimum absolute atomic E-state index is 0.211. The molecule has 0 bridgehead atoms. The number of thiol groups is 1. The van der Waals surface area contributed by atoms with Gasteiger partial charge in [-0.15, -0.1) is 0 Å². The fourth-order valence-electron chi connectivity index (χ4n) is 1.83. The predicted octanol–water partition coefficient (Wildman–Crippen LogP) is 6.60. The average molecular weight is 396 g/mol. The van der Waals surface area contributed by atoms with Gasteiger partial charge in [0.1, 0.15) is 17.2 Å². The van der Waals surface area contributed by atoms with Crippen LogP contribution in [0.25, 0.3) is 0 Å². The Morgan fingerprint density at radius 1 is 0.889 bits per heavy atom. The van der Waals surface area contributed by atoms with E-state index in [1.165, 1.54) is 5.56 Å². The molecule has 0 saturated heterocycles. The lowest BCUT2D eigenvalue weighted by atomic mass is 9.82. The Balaban J connectivity index is 0. The second-order valence-electron chi connectivity index (χ2n) is 5.65. The third kappa shape index (κ3) is 10.8. The van der Waals surface area contributed by atoms with Gasteiger partial charge in [-0.25, -0.2) is 0 Å². The van der Waals surface area contributed by atoms with Crippen molar-refractivity contribution in [3.8, 4) is 17.2 Å². The molecule has 0 radical (unpaired) electrons. The highest BCUT2D eigenvalue weighted by atomic mass is 32.1. The van der Waals surface area contributed by atoms with Crippen molar-refractivity contribution in [3.05, 3.63) is 54.1 Å². The lowest BCUT2D eigenvalue weighted by Gasteiger charge is -2.23. The molecule has 0 heterocycles. The Morgan fingerprint density at radius 3 is 1.81 bits per heavy atom. The van der Waals surface area contributed by atoms with E-state index in [0.29, 0.717) is 5.75 Å². The Morgan fingerprint density at radius 2 is 1.41 bits per heavy atom. The molecule has 4 nitrogen and oxygen atoms in total. The lowest BCUT2D eigenvalue weighted by Crippen LogP contribution is -2.15. The van der Waals surface area contributed by atoms with E-state index in [0.717, 1.165) is 17.9 Å². The van der Waals surface area contributed by atoms with Crippen molar-refractivity contribution in [2.45, 2.75) is 60.3 Å². The molecule has 27 heavy (non-hydrogen) atoms. The van der Waals surface area contributed by atoms with E-state index in [4.69, 9.17) is 14.8 Å². The van der Waals surface area contributed by atoms with Crippen LogP contribution >= 0.6 is 12.9 Å². The van der Waals surface area contributed by atoms with Crippen LogP contribution in [0.1, 0.15) is 60.5 Å². The number of ether oxygens (including phenoxy) is 1. The molecule has 2 rings (SSSR count). The Kier molecular flexibility index (Phi) is 16.6. The smallest absolute Gasteiger partial charge is 0.147 e. The molecule has 0 aliphatic rings. The molecule has 2 N–H and O–H groups in total. The highest BCUT2D eigenvalue weighted by Gasteiger charge is 2.17. The van der Waals surface area contributed by atoms with Gasteiger partial charge in [0.05, 0.1) is 7.11 Å². The van der Waals surface area contributed by atoms with Crippen LogP contribution in [-0.4, -0.2) is 7.11 Å². The van der Waals surface area contributed by atoms with Crippen LogP contribution < -0.4 is 19.7 Å². The fourth-order valence-corrected chi connectivity index (χ4v) is 1.95. The standard InChI is InChI=1S/C11H16OS.C7H9NO2.2C2H6/c1-4-11(2,3)9-6-5-7-10(8-9)12-13;1-9-6-2-4-7(10-8)5-3-6;2*1-2/h5-8,13H,4H2,1-3H3;2-5H,8H2,1H3;2*1-2H3. The molecular formula is C22H37NO3S. The summed E-state index contributed by atoms with van der Waals surface area (Å²) in [6.45, 7) is 14.6. The molecule has 2 aromatic carbocycles. The number of rotatable bonds is 5. The predicted molar refractivity (Wildman–Crippen MR) is 120 cm³/mol. The van der Waals surface area contributed by atoms with E-state index in [1.54, 1.807) is 31.4 Å². The van der Waals surface area contributed by atoms with Crippen molar-refractivity contribution in [3.63, 3.8) is 0 Å². The maximum absolute atomic E-state index is 4.92. The van der Waals surface area contributed by atoms with Gasteiger partial charge in [-0.3, -0.25) is 0 Å². The van der Waals surface area contributed by atoms with Crippen molar-refractivity contribution in [2.75, 3.05) is 7.11 Å². The quantitative estimate of drug-likeness (QED) is 0.340. The van der Waals surface area contributed by atoms with Gasteiger partial charge >= 0.3 is 0 Å². The van der Waals surface area contributed by atoms with E-state index in [2.05, 4.69) is 44.6 Å². The second-order valence-corrected chi connectivity index (χ2v) is 5.83. The molecule has 2 aromatic rings. The summed E-state index contributed by atoms with van der Waals surface area (Å²) in [7, 11) is 1.61. The zero-order chi connectivity index (χ0) is 21.3. The van der Waals surface area contributed by atoms with Gasteiger partial charge in [-0.05, 0) is 53.8 Å². The van der Waals surface area contributed by atoms with Gasteiger partial charge < -0.3 is 13.8 Å². The zero-order valence-corrected chi connectivity index (χ0v) is 19.0. The topological polar surface area (TPSA) is 53.7 Å². The van der Waals surface area contributed by atoms with Crippen molar-refractivity contribution in [1.82, 2.24) is 0 Å². The minimum Gasteiger partial charge on any atom is -0.497 e. The van der Waals surface area contributed by atoms with E-state index >= 15 is 0 Å². The van der Waals surface area contributed by atoms with Crippen molar-refractivity contribution >= 4 is 12.9 Å². The van der Waals surface area contributed by atoms with Gasteiger partial charge in [0.2, 0.25) is 0 Å². The summed E-state index contributed by atoms with van der Waals surface area (Å²) in [5.74, 6) is 7.13. The number of hydrogen-bond donors (Lipinski definition) is 2. The van der Waals surface area contributed by atoms with Crippen LogP contribution in [-0.2, 0) is 5.41 Å². The molecule has 0 fully saturated rings. The van der Waals surface area contributed by atoms with E-state index in [1.807, 2.05) is 45.9 Å². The first-order valence-electron chi connectivity index (χ1n) is 9.39. The third-order valence-corrected chi connectivity index (χ3v) is 4.01. The molecule has 0 amide bonds. The highest BCUT2D eigenvalue weighted by Crippen LogP contribution is 2.29. The van der Waals surface area contributed by atoms with Crippen molar-refractivity contribution in [1.29, 1.82) is 0 Å². The summed E-state index contributed by atoms with van der Waals surface area (Å²) in [6.07, 6.45) is 1.11. The first-order chi connectivity index (χ1) is 13.0. The molecule has 0 aliphatic heterocycles. The van der Waals surface area contributed by atoms with Crippen LogP contribution in [0.4, 0.5) is 0 Å². The van der Waals surface area contributed by atoms with E-state index in [9.17, 15) is 0 Å². The van der Waals surface area contributed by atoms with Crippen LogP contribution in [0.15, 0.2) is 48.5 Å². The monoisotopic (exact) mass is 395 g/mol. The van der Waals surface area contributed by atoms with Crippen LogP contribution in [0.3, 0.4) is 0 Å². The first kappa shape index (κ1) is 27.4. The van der Waals surface area contributed by atoms with Crippen LogP contribution in [0.2, 0.25) is 0 Å². The molecule has 0 aromatic heterocycles. The average Bonchev–Trinajstić information content (AvgIpc) is 2.77. The maximum Gasteiger partial charge on any atom is 0.147 e. The van der Waals surface area contributed by atoms with Gasteiger partial charge in [0.25, 0.3) is 0 Å². The van der Waals surface area contributed by atoms with Crippen LogP contribution in [0, 0.1) is 0 Å². The van der Waals surface area contributed by atoms with E-state index < -0.39 is 0 Å². The Hall–Kier alpha value is -1.85. The highest BCUT2D eigenvalue weighted by molar-refractivity contribution is 7.75. The fraction of sp³-hybridized carbons (Fsp3) is 0.455. The number of benzene rings is 2. The molecule has 0 aliphatic carbocycles. The minimum atomic E-state index is 0.211. The SMILES string of the molecule is CC.CC.CCC(C)(C)c1cccc(OS)c1.COc1ccc(ON)cc1. The molecule has 0 saturated carbocycles. The summed E-state index contributed by atoms with van der Waals surface area (Å²) in [4.78, 5) is 4.46. The van der Waals surface area contributed by atoms with Gasteiger partial charge in [0.15, 0.2) is 0 Å². The number of methoxy groups -OCH3 is 1. The van der Waals surface area contributed by atoms with Gasteiger partial charge in [0, 0.05) is 12.9 Å². The van der Waals surface area contributed by atoms with Crippen molar-refractivity contribution < 1.29 is 13.8 Å². The van der Waals surface area contributed by atoms with Gasteiger partial charge in [-0.2, -0.15) is 5.90 Å². The number of hydrogen-bond acceptors (Lipinski definition) is 5. The third-order valence-electron chi connectivity index (χ3n) is 3.80. The Bertz CT molecular complexity index is 563.